The molecule has 1 N–H and O–H groups in total. The Bertz CT molecular complexity index is 529. The summed E-state index contributed by atoms with van der Waals surface area (Å²) in [5.41, 5.74) is 0.453. The van der Waals surface area contributed by atoms with Gasteiger partial charge >= 0.3 is 5.97 Å². The van der Waals surface area contributed by atoms with Gasteiger partial charge in [0.2, 0.25) is 0 Å². The van der Waals surface area contributed by atoms with Gasteiger partial charge in [-0.1, -0.05) is 0 Å². The van der Waals surface area contributed by atoms with E-state index < -0.39 is 5.97 Å². The highest BCUT2D eigenvalue weighted by atomic mass is 79.9. The lowest BCUT2D eigenvalue weighted by molar-refractivity contribution is -0.141. The van der Waals surface area contributed by atoms with Crippen molar-refractivity contribution in [2.75, 3.05) is 18.0 Å². The molecule has 98 valence electrons. The third-order valence-corrected chi connectivity index (χ3v) is 3.92. The molecule has 0 saturated carbocycles. The molecule has 0 radical (unpaired) electrons. The van der Waals surface area contributed by atoms with Crippen LogP contribution in [0.1, 0.15) is 12.8 Å². The number of halogens is 1. The van der Waals surface area contributed by atoms with E-state index in [9.17, 15) is 9.59 Å². The maximum absolute atomic E-state index is 11.8. The second-order valence-corrected chi connectivity index (χ2v) is 5.19. The van der Waals surface area contributed by atoms with E-state index in [-0.39, 0.29) is 11.5 Å². The summed E-state index contributed by atoms with van der Waals surface area (Å²) in [6, 6.07) is 0. The minimum Gasteiger partial charge on any atom is -0.481 e. The van der Waals surface area contributed by atoms with Gasteiger partial charge in [-0.2, -0.15) is 5.10 Å². The van der Waals surface area contributed by atoms with Crippen molar-refractivity contribution in [2.24, 2.45) is 13.0 Å². The fourth-order valence-corrected chi connectivity index (χ4v) is 2.73. The topological polar surface area (TPSA) is 75.4 Å². The summed E-state index contributed by atoms with van der Waals surface area (Å²) in [5.74, 6) is -1.16. The fourth-order valence-electron chi connectivity index (χ4n) is 2.12. The summed E-state index contributed by atoms with van der Waals surface area (Å²) in [4.78, 5) is 24.7. The molecule has 0 amide bonds. The maximum atomic E-state index is 11.8. The van der Waals surface area contributed by atoms with Crippen molar-refractivity contribution < 1.29 is 9.90 Å². The third kappa shape index (κ3) is 2.40. The van der Waals surface area contributed by atoms with Crippen LogP contribution in [0.15, 0.2) is 15.5 Å². The molecule has 1 atom stereocenters. The lowest BCUT2D eigenvalue weighted by atomic mass is 9.98. The summed E-state index contributed by atoms with van der Waals surface area (Å²) in [5, 5.41) is 13.0. The van der Waals surface area contributed by atoms with E-state index >= 15 is 0 Å². The number of hydrogen-bond donors (Lipinski definition) is 1. The van der Waals surface area contributed by atoms with Crippen LogP contribution in [-0.2, 0) is 11.8 Å². The smallest absolute Gasteiger partial charge is 0.308 e. The average Bonchev–Trinajstić information content (AvgIpc) is 2.36. The molecule has 2 heterocycles. The normalized spacial score (nSPS) is 19.9. The second kappa shape index (κ2) is 5.09. The van der Waals surface area contributed by atoms with Crippen LogP contribution >= 0.6 is 15.9 Å². The minimum atomic E-state index is -0.785. The average molecular weight is 316 g/mol. The van der Waals surface area contributed by atoms with Gasteiger partial charge in [0.05, 0.1) is 17.8 Å². The van der Waals surface area contributed by atoms with Crippen LogP contribution in [-0.4, -0.2) is 33.9 Å². The second-order valence-electron chi connectivity index (χ2n) is 4.40. The Hall–Kier alpha value is -1.37. The standard InChI is InChI=1S/C11H14BrN3O3/c1-14-10(16)9(12)8(5-13-14)15-4-2-3-7(6-15)11(17)18/h5,7H,2-4,6H2,1H3,(H,17,18). The lowest BCUT2D eigenvalue weighted by Gasteiger charge is -2.32. The van der Waals surface area contributed by atoms with E-state index in [1.54, 1.807) is 13.2 Å². The highest BCUT2D eigenvalue weighted by Crippen LogP contribution is 2.27. The molecule has 0 spiro atoms. The van der Waals surface area contributed by atoms with Gasteiger partial charge in [0.15, 0.2) is 0 Å². The first-order valence-corrected chi connectivity index (χ1v) is 6.49. The van der Waals surface area contributed by atoms with Crippen LogP contribution < -0.4 is 10.5 Å². The van der Waals surface area contributed by atoms with Crippen molar-refractivity contribution in [2.45, 2.75) is 12.8 Å². The summed E-state index contributed by atoms with van der Waals surface area (Å²) >= 11 is 3.26. The number of aliphatic carboxylic acids is 1. The van der Waals surface area contributed by atoms with Gasteiger partial charge in [-0.25, -0.2) is 4.68 Å². The molecule has 1 aliphatic heterocycles. The molecule has 2 rings (SSSR count). The molecule has 18 heavy (non-hydrogen) atoms. The Labute approximate surface area is 112 Å². The highest BCUT2D eigenvalue weighted by Gasteiger charge is 2.27. The number of piperidine rings is 1. The number of carboxylic acids is 1. The van der Waals surface area contributed by atoms with Crippen molar-refractivity contribution in [3.05, 3.63) is 21.0 Å². The zero-order chi connectivity index (χ0) is 13.3. The maximum Gasteiger partial charge on any atom is 0.308 e. The molecular weight excluding hydrogens is 302 g/mol. The van der Waals surface area contributed by atoms with Crippen LogP contribution in [0, 0.1) is 5.92 Å². The zero-order valence-electron chi connectivity index (χ0n) is 9.97. The molecule has 1 fully saturated rings. The van der Waals surface area contributed by atoms with E-state index in [1.165, 1.54) is 4.68 Å². The predicted octanol–water partition coefficient (Wildman–Crippen LogP) is 0.844. The van der Waals surface area contributed by atoms with E-state index in [4.69, 9.17) is 5.11 Å². The Balaban J connectivity index is 2.29. The van der Waals surface area contributed by atoms with Gasteiger partial charge in [0.1, 0.15) is 4.47 Å². The molecule has 1 aromatic heterocycles. The summed E-state index contributed by atoms with van der Waals surface area (Å²) in [7, 11) is 1.58. The van der Waals surface area contributed by atoms with Gasteiger partial charge in [-0.15, -0.1) is 0 Å². The first-order chi connectivity index (χ1) is 8.50. The van der Waals surface area contributed by atoms with Crippen molar-refractivity contribution in [1.82, 2.24) is 9.78 Å². The van der Waals surface area contributed by atoms with Crippen molar-refractivity contribution in [3.8, 4) is 0 Å². The zero-order valence-corrected chi connectivity index (χ0v) is 11.6. The number of aryl methyl sites for hydroxylation is 1. The molecule has 6 nitrogen and oxygen atoms in total. The monoisotopic (exact) mass is 315 g/mol. The Kier molecular flexibility index (Phi) is 3.70. The number of hydrogen-bond acceptors (Lipinski definition) is 4. The van der Waals surface area contributed by atoms with Crippen LogP contribution in [0.25, 0.3) is 0 Å². The molecule has 1 aromatic rings. The van der Waals surface area contributed by atoms with E-state index in [0.29, 0.717) is 23.1 Å². The fraction of sp³-hybridized carbons (Fsp3) is 0.545. The first-order valence-electron chi connectivity index (χ1n) is 5.70. The lowest BCUT2D eigenvalue weighted by Crippen LogP contribution is -2.40. The largest absolute Gasteiger partial charge is 0.481 e. The summed E-state index contributed by atoms with van der Waals surface area (Å²) < 4.78 is 1.68. The van der Waals surface area contributed by atoms with Gasteiger partial charge in [-0.3, -0.25) is 9.59 Å². The van der Waals surface area contributed by atoms with Crippen LogP contribution in [0.4, 0.5) is 5.69 Å². The Morgan fingerprint density at radius 3 is 3.00 bits per heavy atom. The van der Waals surface area contributed by atoms with Crippen LogP contribution in [0.5, 0.6) is 0 Å². The number of nitrogens with zero attached hydrogens (tertiary/aromatic N) is 3. The van der Waals surface area contributed by atoms with E-state index in [1.807, 2.05) is 4.90 Å². The molecule has 1 saturated heterocycles. The van der Waals surface area contributed by atoms with Crippen molar-refractivity contribution in [1.29, 1.82) is 0 Å². The third-order valence-electron chi connectivity index (χ3n) is 3.17. The summed E-state index contributed by atoms with van der Waals surface area (Å²) in [6.07, 6.45) is 3.08. The van der Waals surface area contributed by atoms with Gasteiger partial charge in [0.25, 0.3) is 5.56 Å². The number of anilines is 1. The van der Waals surface area contributed by atoms with Crippen LogP contribution in [0.3, 0.4) is 0 Å². The summed E-state index contributed by atoms with van der Waals surface area (Å²) in [6.45, 7) is 1.17. The van der Waals surface area contributed by atoms with Gasteiger partial charge in [0, 0.05) is 20.1 Å². The predicted molar refractivity (Wildman–Crippen MR) is 69.8 cm³/mol. The molecule has 7 heteroatoms. The van der Waals surface area contributed by atoms with Gasteiger partial charge < -0.3 is 10.0 Å². The molecular formula is C11H14BrN3O3. The SMILES string of the molecule is Cn1ncc(N2CCCC(C(=O)O)C2)c(Br)c1=O. The van der Waals surface area contributed by atoms with Crippen molar-refractivity contribution >= 4 is 27.6 Å². The first kappa shape index (κ1) is 13.1. The van der Waals surface area contributed by atoms with E-state index in [2.05, 4.69) is 21.0 Å². The Morgan fingerprint density at radius 1 is 1.61 bits per heavy atom. The number of aromatic nitrogens is 2. The minimum absolute atomic E-state index is 0.218. The quantitative estimate of drug-likeness (QED) is 0.875. The Morgan fingerprint density at radius 2 is 2.33 bits per heavy atom. The van der Waals surface area contributed by atoms with Crippen molar-refractivity contribution in [3.63, 3.8) is 0 Å². The number of rotatable bonds is 2. The highest BCUT2D eigenvalue weighted by molar-refractivity contribution is 9.10. The van der Waals surface area contributed by atoms with E-state index in [0.717, 1.165) is 13.0 Å². The molecule has 1 aliphatic rings. The molecule has 0 aromatic carbocycles. The molecule has 0 bridgehead atoms. The molecule has 1 unspecified atom stereocenters. The van der Waals surface area contributed by atoms with Gasteiger partial charge in [-0.05, 0) is 28.8 Å². The number of carbonyl (C=O) groups is 1. The number of carboxylic acid groups (broad SMARTS) is 1. The molecule has 0 aliphatic carbocycles. The van der Waals surface area contributed by atoms with Crippen LogP contribution in [0.2, 0.25) is 0 Å².